The van der Waals surface area contributed by atoms with Gasteiger partial charge in [-0.05, 0) is 51.4 Å². The third-order valence-electron chi connectivity index (χ3n) is 4.21. The lowest BCUT2D eigenvalue weighted by Crippen LogP contribution is -2.44. The molecule has 116 valence electrons. The molecular weight excluding hydrogens is 264 g/mol. The summed E-state index contributed by atoms with van der Waals surface area (Å²) in [5.41, 5.74) is 0.539. The number of hydrogen-bond acceptors (Lipinski definition) is 3. The number of amides is 1. The van der Waals surface area contributed by atoms with Crippen LogP contribution in [-0.2, 0) is 4.79 Å². The van der Waals surface area contributed by atoms with Crippen molar-refractivity contribution in [3.63, 3.8) is 0 Å². The Morgan fingerprint density at radius 3 is 2.67 bits per heavy atom. The van der Waals surface area contributed by atoms with Gasteiger partial charge in [0.05, 0.1) is 17.7 Å². The zero-order valence-corrected chi connectivity index (χ0v) is 13.1. The first-order chi connectivity index (χ1) is 10.2. The smallest absolute Gasteiger partial charge is 0.230 e. The van der Waals surface area contributed by atoms with Crippen LogP contribution in [0.15, 0.2) is 24.3 Å². The van der Waals surface area contributed by atoms with Gasteiger partial charge in [0.2, 0.25) is 5.91 Å². The Labute approximate surface area is 127 Å². The predicted octanol–water partition coefficient (Wildman–Crippen LogP) is 3.19. The molecule has 0 saturated carbocycles. The highest BCUT2D eigenvalue weighted by atomic mass is 16.5. The molecule has 0 spiro atoms. The quantitative estimate of drug-likeness (QED) is 0.846. The van der Waals surface area contributed by atoms with Crippen LogP contribution in [0.1, 0.15) is 39.5 Å². The first-order valence-corrected chi connectivity index (χ1v) is 7.96. The minimum absolute atomic E-state index is 0.137. The van der Waals surface area contributed by atoms with Gasteiger partial charge in [-0.1, -0.05) is 25.5 Å². The van der Waals surface area contributed by atoms with Crippen LogP contribution in [0.4, 0.5) is 5.69 Å². The minimum atomic E-state index is -0.237. The van der Waals surface area contributed by atoms with Crippen molar-refractivity contribution >= 4 is 11.6 Å². The van der Waals surface area contributed by atoms with E-state index < -0.39 is 0 Å². The van der Waals surface area contributed by atoms with Crippen molar-refractivity contribution in [2.24, 2.45) is 5.41 Å². The summed E-state index contributed by atoms with van der Waals surface area (Å²) in [4.78, 5) is 12.8. The molecule has 1 aliphatic heterocycles. The van der Waals surface area contributed by atoms with E-state index in [-0.39, 0.29) is 11.3 Å². The molecule has 0 unspecified atom stereocenters. The van der Waals surface area contributed by atoms with E-state index in [1.54, 1.807) is 0 Å². The molecule has 1 aliphatic rings. The molecular formula is C17H26N2O2. The maximum Gasteiger partial charge on any atom is 0.230 e. The van der Waals surface area contributed by atoms with Crippen LogP contribution < -0.4 is 15.4 Å². The lowest BCUT2D eigenvalue weighted by atomic mass is 9.74. The molecule has 0 aromatic heterocycles. The third-order valence-corrected chi connectivity index (χ3v) is 4.21. The SMILES string of the molecule is CCCC1(C(=O)Nc2ccccc2OCC)CCNCC1. The second kappa shape index (κ2) is 7.46. The first-order valence-electron chi connectivity index (χ1n) is 7.96. The van der Waals surface area contributed by atoms with Crippen molar-refractivity contribution < 1.29 is 9.53 Å². The highest BCUT2D eigenvalue weighted by Crippen LogP contribution is 2.36. The maximum atomic E-state index is 12.8. The first kappa shape index (κ1) is 15.8. The number of hydrogen-bond donors (Lipinski definition) is 2. The van der Waals surface area contributed by atoms with E-state index in [0.29, 0.717) is 6.61 Å². The lowest BCUT2D eigenvalue weighted by molar-refractivity contribution is -0.127. The van der Waals surface area contributed by atoms with Gasteiger partial charge in [0.15, 0.2) is 0 Å². The van der Waals surface area contributed by atoms with Gasteiger partial charge < -0.3 is 15.4 Å². The molecule has 2 rings (SSSR count). The van der Waals surface area contributed by atoms with Crippen molar-refractivity contribution in [2.75, 3.05) is 25.0 Å². The molecule has 21 heavy (non-hydrogen) atoms. The molecule has 1 heterocycles. The number of anilines is 1. The van der Waals surface area contributed by atoms with Crippen LogP contribution in [0.5, 0.6) is 5.75 Å². The fourth-order valence-corrected chi connectivity index (χ4v) is 3.08. The Morgan fingerprint density at radius 1 is 1.29 bits per heavy atom. The fraction of sp³-hybridized carbons (Fsp3) is 0.588. The number of carbonyl (C=O) groups is 1. The van der Waals surface area contributed by atoms with Crippen LogP contribution in [0, 0.1) is 5.41 Å². The lowest BCUT2D eigenvalue weighted by Gasteiger charge is -2.36. The van der Waals surface area contributed by atoms with E-state index in [0.717, 1.165) is 50.2 Å². The summed E-state index contributed by atoms with van der Waals surface area (Å²) >= 11 is 0. The minimum Gasteiger partial charge on any atom is -0.492 e. The van der Waals surface area contributed by atoms with Crippen LogP contribution in [0.3, 0.4) is 0 Å². The molecule has 1 amide bonds. The molecule has 4 heteroatoms. The Bertz CT molecular complexity index is 462. The van der Waals surface area contributed by atoms with Gasteiger partial charge in [-0.15, -0.1) is 0 Å². The molecule has 4 nitrogen and oxygen atoms in total. The van der Waals surface area contributed by atoms with E-state index in [4.69, 9.17) is 4.74 Å². The summed E-state index contributed by atoms with van der Waals surface area (Å²) in [5.74, 6) is 0.881. The summed E-state index contributed by atoms with van der Waals surface area (Å²) < 4.78 is 5.59. The summed E-state index contributed by atoms with van der Waals surface area (Å²) in [6.07, 6.45) is 3.78. The Hall–Kier alpha value is -1.55. The number of carbonyl (C=O) groups excluding carboxylic acids is 1. The van der Waals surface area contributed by atoms with Crippen LogP contribution >= 0.6 is 0 Å². The Morgan fingerprint density at radius 2 is 2.00 bits per heavy atom. The number of ether oxygens (including phenoxy) is 1. The van der Waals surface area contributed by atoms with E-state index in [2.05, 4.69) is 17.6 Å². The van der Waals surface area contributed by atoms with E-state index in [9.17, 15) is 4.79 Å². The molecule has 1 saturated heterocycles. The molecule has 1 fully saturated rings. The normalized spacial score (nSPS) is 17.2. The third kappa shape index (κ3) is 3.76. The topological polar surface area (TPSA) is 50.4 Å². The number of benzene rings is 1. The van der Waals surface area contributed by atoms with Gasteiger partial charge in [0.1, 0.15) is 5.75 Å². The monoisotopic (exact) mass is 290 g/mol. The molecule has 0 atom stereocenters. The molecule has 2 N–H and O–H groups in total. The molecule has 1 aromatic rings. The maximum absolute atomic E-state index is 12.8. The van der Waals surface area contributed by atoms with Gasteiger partial charge in [-0.2, -0.15) is 0 Å². The molecule has 0 radical (unpaired) electrons. The van der Waals surface area contributed by atoms with E-state index >= 15 is 0 Å². The molecule has 1 aromatic carbocycles. The van der Waals surface area contributed by atoms with Gasteiger partial charge in [-0.25, -0.2) is 0 Å². The Kier molecular flexibility index (Phi) is 5.62. The number of para-hydroxylation sites is 2. The zero-order valence-electron chi connectivity index (χ0n) is 13.1. The van der Waals surface area contributed by atoms with Gasteiger partial charge in [-0.3, -0.25) is 4.79 Å². The predicted molar refractivity (Wildman–Crippen MR) is 85.7 cm³/mol. The van der Waals surface area contributed by atoms with Crippen LogP contribution in [0.2, 0.25) is 0 Å². The second-order valence-electron chi connectivity index (χ2n) is 5.66. The summed E-state index contributed by atoms with van der Waals surface area (Å²) in [6.45, 7) is 6.52. The number of nitrogens with one attached hydrogen (secondary N) is 2. The van der Waals surface area contributed by atoms with Gasteiger partial charge in [0, 0.05) is 0 Å². The van der Waals surface area contributed by atoms with Crippen LogP contribution in [-0.4, -0.2) is 25.6 Å². The van der Waals surface area contributed by atoms with Crippen LogP contribution in [0.25, 0.3) is 0 Å². The summed E-state index contributed by atoms with van der Waals surface area (Å²) in [5, 5.41) is 6.44. The molecule has 0 aliphatic carbocycles. The highest BCUT2D eigenvalue weighted by Gasteiger charge is 2.38. The number of rotatable bonds is 6. The second-order valence-corrected chi connectivity index (χ2v) is 5.66. The van der Waals surface area contributed by atoms with Crippen molar-refractivity contribution in [3.8, 4) is 5.75 Å². The van der Waals surface area contributed by atoms with Crippen molar-refractivity contribution in [3.05, 3.63) is 24.3 Å². The average molecular weight is 290 g/mol. The van der Waals surface area contributed by atoms with E-state index in [1.165, 1.54) is 0 Å². The average Bonchev–Trinajstić information content (AvgIpc) is 2.50. The highest BCUT2D eigenvalue weighted by molar-refractivity contribution is 5.96. The van der Waals surface area contributed by atoms with Gasteiger partial charge >= 0.3 is 0 Å². The zero-order chi connectivity index (χ0) is 15.1. The van der Waals surface area contributed by atoms with Crippen molar-refractivity contribution in [2.45, 2.75) is 39.5 Å². The van der Waals surface area contributed by atoms with E-state index in [1.807, 2.05) is 31.2 Å². The summed E-state index contributed by atoms with van der Waals surface area (Å²) in [6, 6.07) is 7.65. The fourth-order valence-electron chi connectivity index (χ4n) is 3.08. The van der Waals surface area contributed by atoms with Gasteiger partial charge in [0.25, 0.3) is 0 Å². The largest absolute Gasteiger partial charge is 0.492 e. The van der Waals surface area contributed by atoms with Crippen molar-refractivity contribution in [1.82, 2.24) is 5.32 Å². The Balaban J connectivity index is 2.15. The van der Waals surface area contributed by atoms with Crippen molar-refractivity contribution in [1.29, 1.82) is 0 Å². The summed E-state index contributed by atoms with van der Waals surface area (Å²) in [7, 11) is 0. The standard InChI is InChI=1S/C17H26N2O2/c1-3-9-17(10-12-18-13-11-17)16(20)19-14-7-5-6-8-15(14)21-4-2/h5-8,18H,3-4,9-13H2,1-2H3,(H,19,20). The molecule has 0 bridgehead atoms. The number of piperidine rings is 1.